The Morgan fingerprint density at radius 3 is 2.66 bits per heavy atom. The van der Waals surface area contributed by atoms with E-state index in [1.54, 1.807) is 36.4 Å². The maximum atomic E-state index is 9.62. The first-order valence-electron chi connectivity index (χ1n) is 8.42. The van der Waals surface area contributed by atoms with Crippen molar-refractivity contribution in [1.29, 1.82) is 5.26 Å². The average molecular weight is 502 g/mol. The van der Waals surface area contributed by atoms with Crippen LogP contribution in [0.25, 0.3) is 34.2 Å². The van der Waals surface area contributed by atoms with E-state index in [1.807, 2.05) is 29.6 Å². The Labute approximate surface area is 190 Å². The highest BCUT2D eigenvalue weighted by Crippen LogP contribution is 2.33. The number of allylic oxidation sites excluding steroid dienone is 1. The quantitative estimate of drug-likeness (QED) is 0.265. The van der Waals surface area contributed by atoms with Crippen LogP contribution in [-0.4, -0.2) is 4.98 Å². The molecule has 29 heavy (non-hydrogen) atoms. The van der Waals surface area contributed by atoms with E-state index in [-0.39, 0.29) is 0 Å². The largest absolute Gasteiger partial charge is 0.457 e. The van der Waals surface area contributed by atoms with Crippen molar-refractivity contribution in [2.24, 2.45) is 0 Å². The number of nitriles is 1. The zero-order chi connectivity index (χ0) is 20.4. The van der Waals surface area contributed by atoms with Gasteiger partial charge < -0.3 is 4.42 Å². The number of hydrogen-bond donors (Lipinski definition) is 0. The third-order valence-corrected chi connectivity index (χ3v) is 6.07. The summed E-state index contributed by atoms with van der Waals surface area (Å²) in [5, 5.41) is 13.3. The van der Waals surface area contributed by atoms with E-state index in [0.29, 0.717) is 37.7 Å². The monoisotopic (exact) mass is 500 g/mol. The summed E-state index contributed by atoms with van der Waals surface area (Å²) in [6, 6.07) is 18.8. The van der Waals surface area contributed by atoms with Crippen LogP contribution in [0, 0.1) is 11.3 Å². The smallest absolute Gasteiger partial charge is 0.136 e. The van der Waals surface area contributed by atoms with Crippen LogP contribution >= 0.6 is 50.5 Å². The second kappa shape index (κ2) is 8.56. The van der Waals surface area contributed by atoms with Gasteiger partial charge in [0.25, 0.3) is 0 Å². The first-order chi connectivity index (χ1) is 14.0. The molecule has 0 radical (unpaired) electrons. The van der Waals surface area contributed by atoms with E-state index >= 15 is 0 Å². The van der Waals surface area contributed by atoms with Gasteiger partial charge in [-0.2, -0.15) is 5.26 Å². The lowest BCUT2D eigenvalue weighted by Crippen LogP contribution is -1.82. The normalized spacial score (nSPS) is 11.4. The minimum Gasteiger partial charge on any atom is -0.457 e. The Hall–Kier alpha value is -2.36. The molecule has 4 rings (SSSR count). The Morgan fingerprint density at radius 1 is 1.10 bits per heavy atom. The van der Waals surface area contributed by atoms with Crippen molar-refractivity contribution in [3.8, 4) is 28.7 Å². The molecule has 0 unspecified atom stereocenters. The molecule has 142 valence electrons. The molecule has 0 spiro atoms. The molecular formula is C22H11BrCl2N2OS. The van der Waals surface area contributed by atoms with E-state index in [9.17, 15) is 5.26 Å². The van der Waals surface area contributed by atoms with Crippen LogP contribution in [0.2, 0.25) is 10.0 Å². The number of thiazole rings is 1. The van der Waals surface area contributed by atoms with E-state index in [2.05, 4.69) is 27.0 Å². The molecule has 3 nitrogen and oxygen atoms in total. The van der Waals surface area contributed by atoms with Crippen LogP contribution in [0.5, 0.6) is 0 Å². The van der Waals surface area contributed by atoms with Gasteiger partial charge >= 0.3 is 0 Å². The van der Waals surface area contributed by atoms with Gasteiger partial charge in [-0.25, -0.2) is 4.98 Å². The van der Waals surface area contributed by atoms with Crippen molar-refractivity contribution < 1.29 is 4.42 Å². The molecule has 0 fully saturated rings. The number of aromatic nitrogens is 1. The minimum absolute atomic E-state index is 0.427. The second-order valence-corrected chi connectivity index (χ2v) is 8.66. The molecule has 0 bridgehead atoms. The topological polar surface area (TPSA) is 49.8 Å². The fourth-order valence-electron chi connectivity index (χ4n) is 2.70. The van der Waals surface area contributed by atoms with E-state index in [1.165, 1.54) is 11.3 Å². The van der Waals surface area contributed by atoms with E-state index in [0.717, 1.165) is 15.7 Å². The summed E-state index contributed by atoms with van der Waals surface area (Å²) in [6.45, 7) is 0. The maximum absolute atomic E-state index is 9.62. The zero-order valence-electron chi connectivity index (χ0n) is 14.7. The van der Waals surface area contributed by atoms with Crippen LogP contribution in [0.1, 0.15) is 10.8 Å². The Kier molecular flexibility index (Phi) is 5.89. The summed E-state index contributed by atoms with van der Waals surface area (Å²) >= 11 is 17.1. The summed E-state index contributed by atoms with van der Waals surface area (Å²) < 4.78 is 6.87. The molecule has 0 aliphatic heterocycles. The van der Waals surface area contributed by atoms with Crippen molar-refractivity contribution in [2.45, 2.75) is 0 Å². The van der Waals surface area contributed by atoms with Crippen molar-refractivity contribution in [1.82, 2.24) is 4.98 Å². The van der Waals surface area contributed by atoms with Gasteiger partial charge in [0.1, 0.15) is 22.6 Å². The van der Waals surface area contributed by atoms with E-state index in [4.69, 9.17) is 27.6 Å². The molecule has 4 aromatic rings. The number of furan rings is 1. The van der Waals surface area contributed by atoms with Crippen molar-refractivity contribution in [3.63, 3.8) is 0 Å². The molecule has 0 aliphatic carbocycles. The van der Waals surface area contributed by atoms with E-state index < -0.39 is 0 Å². The molecule has 0 N–H and O–H groups in total. The number of halogens is 3. The zero-order valence-corrected chi connectivity index (χ0v) is 18.6. The summed E-state index contributed by atoms with van der Waals surface area (Å²) in [6.07, 6.45) is 1.67. The average Bonchev–Trinajstić information content (AvgIpc) is 3.38. The fourth-order valence-corrected chi connectivity index (χ4v) is 4.14. The highest BCUT2D eigenvalue weighted by molar-refractivity contribution is 9.10. The fraction of sp³-hybridized carbons (Fsp3) is 0. The van der Waals surface area contributed by atoms with Crippen LogP contribution in [0.15, 0.2) is 68.9 Å². The molecular weight excluding hydrogens is 491 g/mol. The van der Waals surface area contributed by atoms with Gasteiger partial charge in [-0.15, -0.1) is 11.3 Å². The summed E-state index contributed by atoms with van der Waals surface area (Å²) in [5.41, 5.74) is 2.94. The van der Waals surface area contributed by atoms with Crippen LogP contribution in [0.4, 0.5) is 0 Å². The second-order valence-electron chi connectivity index (χ2n) is 6.04. The van der Waals surface area contributed by atoms with Crippen molar-refractivity contribution >= 4 is 62.1 Å². The lowest BCUT2D eigenvalue weighted by atomic mass is 10.2. The molecule has 2 heterocycles. The molecule has 2 aromatic heterocycles. The lowest BCUT2D eigenvalue weighted by Gasteiger charge is -2.01. The number of rotatable bonds is 4. The molecule has 0 aliphatic rings. The molecule has 0 amide bonds. The highest BCUT2D eigenvalue weighted by Gasteiger charge is 2.12. The molecule has 0 atom stereocenters. The van der Waals surface area contributed by atoms with Crippen LogP contribution in [0.3, 0.4) is 0 Å². The number of benzene rings is 2. The maximum Gasteiger partial charge on any atom is 0.136 e. The molecule has 0 saturated carbocycles. The third kappa shape index (κ3) is 4.47. The standard InChI is InChI=1S/C22H11BrCl2N2OS/c23-15-3-1-13(2-4-15)20-12-29-22(27-20)14(11-26)9-17-6-8-21(28-17)18-10-16(24)5-7-19(18)25/h1-10,12H. The van der Waals surface area contributed by atoms with Gasteiger partial charge in [-0.3, -0.25) is 0 Å². The Balaban J connectivity index is 1.64. The minimum atomic E-state index is 0.427. The van der Waals surface area contributed by atoms with Crippen molar-refractivity contribution in [2.75, 3.05) is 0 Å². The van der Waals surface area contributed by atoms with Crippen LogP contribution in [-0.2, 0) is 0 Å². The Bertz CT molecular complexity index is 1250. The predicted molar refractivity (Wildman–Crippen MR) is 123 cm³/mol. The Morgan fingerprint density at radius 2 is 1.90 bits per heavy atom. The summed E-state index contributed by atoms with van der Waals surface area (Å²) in [7, 11) is 0. The van der Waals surface area contributed by atoms with Gasteiger partial charge in [-0.1, -0.05) is 51.3 Å². The number of nitrogens with zero attached hydrogens (tertiary/aromatic N) is 2. The lowest BCUT2D eigenvalue weighted by molar-refractivity contribution is 0.572. The number of hydrogen-bond acceptors (Lipinski definition) is 4. The summed E-state index contributed by atoms with van der Waals surface area (Å²) in [5.74, 6) is 1.11. The van der Waals surface area contributed by atoms with Gasteiger partial charge in [0.2, 0.25) is 0 Å². The first kappa shape index (κ1) is 19.9. The van der Waals surface area contributed by atoms with Gasteiger partial charge in [0, 0.05) is 32.1 Å². The predicted octanol–water partition coefficient (Wildman–Crippen LogP) is 8.20. The van der Waals surface area contributed by atoms with Crippen molar-refractivity contribution in [3.05, 3.63) is 85.3 Å². The summed E-state index contributed by atoms with van der Waals surface area (Å²) in [4.78, 5) is 4.60. The van der Waals surface area contributed by atoms with Crippen LogP contribution < -0.4 is 0 Å². The molecule has 2 aromatic carbocycles. The van der Waals surface area contributed by atoms with Gasteiger partial charge in [-0.05, 0) is 42.5 Å². The van der Waals surface area contributed by atoms with Gasteiger partial charge in [0.05, 0.1) is 16.3 Å². The van der Waals surface area contributed by atoms with Gasteiger partial charge in [0.15, 0.2) is 0 Å². The first-order valence-corrected chi connectivity index (χ1v) is 10.9. The third-order valence-electron chi connectivity index (χ3n) is 4.10. The molecule has 0 saturated heterocycles. The highest BCUT2D eigenvalue weighted by atomic mass is 79.9. The molecule has 7 heteroatoms. The SMILES string of the molecule is N#CC(=Cc1ccc(-c2cc(Cl)ccc2Cl)o1)c1nc(-c2ccc(Br)cc2)cs1.